The molecule has 3 N–H and O–H groups in total. The van der Waals surface area contributed by atoms with Crippen LogP contribution >= 0.6 is 0 Å². The number of anilines is 1. The number of sulfonamides is 2. The van der Waals surface area contributed by atoms with Crippen molar-refractivity contribution in [1.82, 2.24) is 4.72 Å². The molecule has 0 radical (unpaired) electrons. The van der Waals surface area contributed by atoms with Gasteiger partial charge in [0.15, 0.2) is 0 Å². The third-order valence-electron chi connectivity index (χ3n) is 7.04. The number of rotatable bonds is 11. The predicted octanol–water partition coefficient (Wildman–Crippen LogP) is 5.12. The largest absolute Gasteiger partial charge is 0.507 e. The van der Waals surface area contributed by atoms with Crippen LogP contribution in [-0.4, -0.2) is 21.9 Å². The molecule has 11 heteroatoms. The van der Waals surface area contributed by atoms with Crippen molar-refractivity contribution in [3.63, 3.8) is 0 Å². The maximum Gasteiger partial charge on any atom is 0.343 e. The van der Waals surface area contributed by atoms with Gasteiger partial charge in [-0.1, -0.05) is 55.5 Å². The van der Waals surface area contributed by atoms with Crippen LogP contribution in [0.1, 0.15) is 55.0 Å². The SMILES string of the molecule is CCC(NS(=O)(=O)c1ccccc1)c1cc(O)c(C(c2cccc(NS(=O)(=O)c3ccccc3)c2)C2CC2)c(=O)o1. The monoisotopic (exact) mass is 594 g/mol. The highest BCUT2D eigenvalue weighted by atomic mass is 32.2. The van der Waals surface area contributed by atoms with Crippen molar-refractivity contribution in [3.8, 4) is 5.75 Å². The van der Waals surface area contributed by atoms with Crippen LogP contribution in [0.15, 0.2) is 110 Å². The van der Waals surface area contributed by atoms with Crippen molar-refractivity contribution in [1.29, 1.82) is 0 Å². The van der Waals surface area contributed by atoms with Gasteiger partial charge in [-0.2, -0.15) is 0 Å². The zero-order valence-electron chi connectivity index (χ0n) is 22.2. The summed E-state index contributed by atoms with van der Waals surface area (Å²) in [4.78, 5) is 13.5. The number of hydrogen-bond acceptors (Lipinski definition) is 7. The fourth-order valence-electron chi connectivity index (χ4n) is 4.88. The fraction of sp³-hybridized carbons (Fsp3) is 0.233. The highest BCUT2D eigenvalue weighted by Crippen LogP contribution is 2.48. The van der Waals surface area contributed by atoms with Crippen LogP contribution in [0.4, 0.5) is 5.69 Å². The Bertz CT molecular complexity index is 1800. The molecule has 0 aliphatic heterocycles. The van der Waals surface area contributed by atoms with Crippen LogP contribution < -0.4 is 15.1 Å². The van der Waals surface area contributed by atoms with Gasteiger partial charge < -0.3 is 9.52 Å². The lowest BCUT2D eigenvalue weighted by Gasteiger charge is -2.21. The Kier molecular flexibility index (Phi) is 8.03. The molecule has 1 aliphatic carbocycles. The Morgan fingerprint density at radius 2 is 1.46 bits per heavy atom. The molecule has 41 heavy (non-hydrogen) atoms. The van der Waals surface area contributed by atoms with Crippen LogP contribution in [0.5, 0.6) is 5.75 Å². The minimum atomic E-state index is -3.91. The number of benzene rings is 3. The molecule has 5 rings (SSSR count). The normalized spacial score (nSPS) is 15.2. The highest BCUT2D eigenvalue weighted by molar-refractivity contribution is 7.92. The van der Waals surface area contributed by atoms with Crippen LogP contribution in [0, 0.1) is 5.92 Å². The Morgan fingerprint density at radius 1 is 0.854 bits per heavy atom. The number of aromatic hydroxyl groups is 1. The van der Waals surface area contributed by atoms with E-state index in [2.05, 4.69) is 9.44 Å². The van der Waals surface area contributed by atoms with Crippen LogP contribution in [-0.2, 0) is 20.0 Å². The van der Waals surface area contributed by atoms with E-state index in [1.54, 1.807) is 67.6 Å². The predicted molar refractivity (Wildman–Crippen MR) is 155 cm³/mol. The van der Waals surface area contributed by atoms with Crippen LogP contribution in [0.3, 0.4) is 0 Å². The molecule has 2 unspecified atom stereocenters. The quantitative estimate of drug-likeness (QED) is 0.219. The van der Waals surface area contributed by atoms with Gasteiger partial charge in [0.25, 0.3) is 10.0 Å². The molecular formula is C30H30N2O7S2. The lowest BCUT2D eigenvalue weighted by molar-refractivity contribution is 0.373. The second-order valence-corrected chi connectivity index (χ2v) is 13.4. The zero-order chi connectivity index (χ0) is 29.2. The molecule has 1 aromatic heterocycles. The molecule has 0 spiro atoms. The summed E-state index contributed by atoms with van der Waals surface area (Å²) in [6.45, 7) is 1.73. The van der Waals surface area contributed by atoms with Crippen LogP contribution in [0.2, 0.25) is 0 Å². The summed E-state index contributed by atoms with van der Waals surface area (Å²) in [5, 5.41) is 11.1. The van der Waals surface area contributed by atoms with Crippen molar-refractivity contribution < 1.29 is 26.4 Å². The molecule has 1 fully saturated rings. The third kappa shape index (κ3) is 6.37. The Morgan fingerprint density at radius 3 is 2.02 bits per heavy atom. The summed E-state index contributed by atoms with van der Waals surface area (Å²) in [5.41, 5.74) is 0.247. The van der Waals surface area contributed by atoms with Crippen molar-refractivity contribution >= 4 is 25.7 Å². The molecule has 3 aromatic carbocycles. The van der Waals surface area contributed by atoms with Gasteiger partial charge in [-0.05, 0) is 67.1 Å². The van der Waals surface area contributed by atoms with E-state index in [9.17, 15) is 26.7 Å². The Hall–Kier alpha value is -3.93. The molecule has 1 aliphatic rings. The lowest BCUT2D eigenvalue weighted by atomic mass is 9.87. The summed E-state index contributed by atoms with van der Waals surface area (Å²) in [5.74, 6) is -0.797. The molecule has 2 atom stereocenters. The Labute approximate surface area is 239 Å². The number of hydrogen-bond donors (Lipinski definition) is 3. The number of nitrogens with one attached hydrogen (secondary N) is 2. The van der Waals surface area contributed by atoms with Crippen molar-refractivity contribution in [2.45, 2.75) is 47.9 Å². The van der Waals surface area contributed by atoms with Gasteiger partial charge >= 0.3 is 5.63 Å². The zero-order valence-corrected chi connectivity index (χ0v) is 23.9. The maximum atomic E-state index is 13.3. The van der Waals surface area contributed by atoms with E-state index in [0.717, 1.165) is 12.8 Å². The summed E-state index contributed by atoms with van der Waals surface area (Å²) < 4.78 is 62.2. The van der Waals surface area contributed by atoms with Crippen LogP contribution in [0.25, 0.3) is 0 Å². The van der Waals surface area contributed by atoms with E-state index in [1.165, 1.54) is 30.3 Å². The first-order valence-corrected chi connectivity index (χ1v) is 16.2. The van der Waals surface area contributed by atoms with Crippen molar-refractivity contribution in [2.75, 3.05) is 4.72 Å². The van der Waals surface area contributed by atoms with E-state index in [4.69, 9.17) is 4.42 Å². The second-order valence-electron chi connectivity index (χ2n) is 9.99. The molecule has 0 amide bonds. The van der Waals surface area contributed by atoms with Gasteiger partial charge in [0.1, 0.15) is 11.5 Å². The van der Waals surface area contributed by atoms with Gasteiger partial charge in [-0.3, -0.25) is 4.72 Å². The topological polar surface area (TPSA) is 143 Å². The summed E-state index contributed by atoms with van der Waals surface area (Å²) in [6.07, 6.45) is 1.91. The third-order valence-corrected chi connectivity index (χ3v) is 9.93. The lowest BCUT2D eigenvalue weighted by Crippen LogP contribution is -2.29. The smallest absolute Gasteiger partial charge is 0.343 e. The standard InChI is InChI=1S/C30H30N2O7S2/c1-2-25(32-41(37,38)24-14-7-4-8-15-24)27-19-26(33)29(30(34)39-27)28(20-16-17-20)21-10-9-11-22(18-21)31-40(35,36)23-12-5-3-6-13-23/h3-15,18-20,25,28,31-33H,2,16-17H2,1H3. The molecule has 1 saturated carbocycles. The second kappa shape index (κ2) is 11.5. The fourth-order valence-corrected chi connectivity index (χ4v) is 7.26. The van der Waals surface area contributed by atoms with Gasteiger partial charge in [0, 0.05) is 17.7 Å². The van der Waals surface area contributed by atoms with Gasteiger partial charge in [0.2, 0.25) is 10.0 Å². The summed E-state index contributed by atoms with van der Waals surface area (Å²) in [7, 11) is -7.74. The van der Waals surface area contributed by atoms with E-state index >= 15 is 0 Å². The van der Waals surface area contributed by atoms with E-state index in [-0.39, 0.29) is 39.2 Å². The van der Waals surface area contributed by atoms with Gasteiger partial charge in [-0.15, -0.1) is 0 Å². The maximum absolute atomic E-state index is 13.3. The summed E-state index contributed by atoms with van der Waals surface area (Å²) in [6, 6.07) is 22.9. The van der Waals surface area contributed by atoms with E-state index < -0.39 is 37.6 Å². The molecule has 1 heterocycles. The summed E-state index contributed by atoms with van der Waals surface area (Å²) >= 11 is 0. The van der Waals surface area contributed by atoms with Crippen molar-refractivity contribution in [3.05, 3.63) is 118 Å². The molecule has 214 valence electrons. The van der Waals surface area contributed by atoms with Gasteiger partial charge in [0.05, 0.1) is 21.4 Å². The minimum absolute atomic E-state index is 0.00262. The molecule has 0 saturated heterocycles. The van der Waals surface area contributed by atoms with Crippen molar-refractivity contribution in [2.24, 2.45) is 5.92 Å². The highest BCUT2D eigenvalue weighted by Gasteiger charge is 2.38. The first kappa shape index (κ1) is 28.6. The first-order chi connectivity index (χ1) is 19.6. The Balaban J connectivity index is 1.46. The average molecular weight is 595 g/mol. The molecule has 0 bridgehead atoms. The molecular weight excluding hydrogens is 564 g/mol. The average Bonchev–Trinajstić information content (AvgIpc) is 3.80. The minimum Gasteiger partial charge on any atom is -0.507 e. The first-order valence-electron chi connectivity index (χ1n) is 13.2. The van der Waals surface area contributed by atoms with E-state index in [0.29, 0.717) is 11.3 Å². The van der Waals surface area contributed by atoms with Gasteiger partial charge in [-0.25, -0.2) is 26.4 Å². The van der Waals surface area contributed by atoms with E-state index in [1.807, 2.05) is 0 Å². The molecule has 9 nitrogen and oxygen atoms in total. The molecule has 4 aromatic rings.